The number of imidazole rings is 1. The largest absolute Gasteiger partial charge is 0.490 e. The second kappa shape index (κ2) is 11.6. The summed E-state index contributed by atoms with van der Waals surface area (Å²) in [5, 5.41) is 10.4. The summed E-state index contributed by atoms with van der Waals surface area (Å²) in [6, 6.07) is 0. The molecule has 0 aliphatic carbocycles. The molecule has 3 heterocycles. The zero-order chi connectivity index (χ0) is 27.3. The molecule has 1 fully saturated rings. The Morgan fingerprint density at radius 3 is 2.31 bits per heavy atom. The number of rotatable bonds is 6. The van der Waals surface area contributed by atoms with Crippen LogP contribution in [0.3, 0.4) is 0 Å². The lowest BCUT2D eigenvalue weighted by Gasteiger charge is -2.28. The van der Waals surface area contributed by atoms with Crippen LogP contribution in [0.15, 0.2) is 9.59 Å². The van der Waals surface area contributed by atoms with Gasteiger partial charge in [0.2, 0.25) is 16.0 Å². The predicted octanol–water partition coefficient (Wildman–Crippen LogP) is -1.49. The van der Waals surface area contributed by atoms with E-state index in [2.05, 4.69) is 31.8 Å². The molecule has 0 saturated carbocycles. The lowest BCUT2D eigenvalue weighted by atomic mass is 10.4. The van der Waals surface area contributed by atoms with Crippen LogP contribution in [-0.4, -0.2) is 83.3 Å². The molecule has 1 aliphatic heterocycles. The third-order valence-corrected chi connectivity index (χ3v) is 5.70. The topological polar surface area (TPSA) is 161 Å². The number of fused-ring (bicyclic) bond motifs is 1. The summed E-state index contributed by atoms with van der Waals surface area (Å²) >= 11 is 0. The van der Waals surface area contributed by atoms with Crippen LogP contribution in [-0.2, 0) is 35.0 Å². The molecular weight excluding hydrogens is 511 g/mol. The van der Waals surface area contributed by atoms with Crippen LogP contribution in [0.1, 0.15) is 6.92 Å². The number of alkyl halides is 3. The molecule has 0 unspecified atom stereocenters. The van der Waals surface area contributed by atoms with Crippen molar-refractivity contribution in [1.82, 2.24) is 28.7 Å². The van der Waals surface area contributed by atoms with E-state index in [0.717, 1.165) is 37.0 Å². The van der Waals surface area contributed by atoms with E-state index in [9.17, 15) is 31.2 Å². The molecule has 0 amide bonds. The fourth-order valence-corrected chi connectivity index (χ4v) is 3.78. The SMILES string of the molecule is CC#CCn1c(N2CCNCC2)nc2c1c(=O)n(CCNS(C)(=O)=O)c(=O)n2C.O=C(O)C(F)(F)F. The van der Waals surface area contributed by atoms with Crippen molar-refractivity contribution in [3.63, 3.8) is 0 Å². The number of aromatic nitrogens is 4. The number of hydrogen-bond acceptors (Lipinski definition) is 8. The highest BCUT2D eigenvalue weighted by Gasteiger charge is 2.38. The highest BCUT2D eigenvalue weighted by atomic mass is 32.2. The van der Waals surface area contributed by atoms with Gasteiger partial charge in [-0.1, -0.05) is 5.92 Å². The van der Waals surface area contributed by atoms with Crippen molar-refractivity contribution < 1.29 is 31.5 Å². The maximum atomic E-state index is 13.2. The first kappa shape index (κ1) is 28.9. The van der Waals surface area contributed by atoms with Gasteiger partial charge in [-0.2, -0.15) is 18.2 Å². The fraction of sp³-hybridized carbons (Fsp3) is 0.579. The van der Waals surface area contributed by atoms with Crippen LogP contribution in [0, 0.1) is 11.8 Å². The highest BCUT2D eigenvalue weighted by molar-refractivity contribution is 7.88. The van der Waals surface area contributed by atoms with Crippen LogP contribution in [0.5, 0.6) is 0 Å². The second-order valence-corrected chi connectivity index (χ2v) is 9.43. The molecule has 0 bridgehead atoms. The zero-order valence-corrected chi connectivity index (χ0v) is 20.5. The van der Waals surface area contributed by atoms with Gasteiger partial charge in [0, 0.05) is 46.3 Å². The second-order valence-electron chi connectivity index (χ2n) is 7.60. The van der Waals surface area contributed by atoms with E-state index in [-0.39, 0.29) is 25.2 Å². The minimum Gasteiger partial charge on any atom is -0.475 e. The number of carbonyl (C=O) groups is 1. The Morgan fingerprint density at radius 1 is 1.22 bits per heavy atom. The molecule has 0 aromatic carbocycles. The van der Waals surface area contributed by atoms with Gasteiger partial charge >= 0.3 is 17.8 Å². The van der Waals surface area contributed by atoms with E-state index >= 15 is 0 Å². The molecule has 13 nitrogen and oxygen atoms in total. The number of anilines is 1. The minimum absolute atomic E-state index is 0.0625. The number of piperazine rings is 1. The Balaban J connectivity index is 0.000000572. The van der Waals surface area contributed by atoms with E-state index in [0.29, 0.717) is 11.6 Å². The van der Waals surface area contributed by atoms with Gasteiger partial charge in [-0.3, -0.25) is 18.5 Å². The van der Waals surface area contributed by atoms with E-state index in [1.807, 2.05) is 0 Å². The molecule has 0 spiro atoms. The molecule has 2 aromatic heterocycles. The van der Waals surface area contributed by atoms with Crippen LogP contribution in [0.4, 0.5) is 19.1 Å². The Labute approximate surface area is 203 Å². The van der Waals surface area contributed by atoms with E-state index < -0.39 is 33.4 Å². The molecule has 36 heavy (non-hydrogen) atoms. The predicted molar refractivity (Wildman–Crippen MR) is 124 cm³/mol. The normalized spacial score (nSPS) is 14.1. The summed E-state index contributed by atoms with van der Waals surface area (Å²) in [6.07, 6.45) is -4.06. The first-order valence-electron chi connectivity index (χ1n) is 10.5. The maximum Gasteiger partial charge on any atom is 0.490 e. The van der Waals surface area contributed by atoms with Gasteiger partial charge < -0.3 is 15.3 Å². The van der Waals surface area contributed by atoms with Gasteiger partial charge in [-0.15, -0.1) is 5.92 Å². The van der Waals surface area contributed by atoms with Crippen molar-refractivity contribution in [3.8, 4) is 11.8 Å². The standard InChI is InChI=1S/C17H25N7O4S.C2HF3O2/c1-4-5-9-23-13-14(20-16(23)22-10-6-18-7-11-22)21(2)17(26)24(15(13)25)12-8-19-29(3,27)28;3-2(4,5)1(6)7/h18-19H,6-12H2,1-3H3;(H,6,7). The summed E-state index contributed by atoms with van der Waals surface area (Å²) in [5.41, 5.74) is -0.484. The smallest absolute Gasteiger partial charge is 0.475 e. The third-order valence-electron chi connectivity index (χ3n) is 4.97. The first-order valence-corrected chi connectivity index (χ1v) is 12.4. The van der Waals surface area contributed by atoms with E-state index in [1.54, 1.807) is 18.5 Å². The summed E-state index contributed by atoms with van der Waals surface area (Å²) in [5.74, 6) is 3.64. The molecule has 200 valence electrons. The molecule has 0 radical (unpaired) electrons. The Hall–Kier alpha value is -3.36. The van der Waals surface area contributed by atoms with Crippen molar-refractivity contribution >= 4 is 33.1 Å². The molecule has 3 N–H and O–H groups in total. The highest BCUT2D eigenvalue weighted by Crippen LogP contribution is 2.20. The molecule has 2 aromatic rings. The van der Waals surface area contributed by atoms with Crippen molar-refractivity contribution in [1.29, 1.82) is 0 Å². The molecule has 0 atom stereocenters. The molecule has 17 heteroatoms. The molecule has 1 saturated heterocycles. The number of aliphatic carboxylic acids is 1. The Bertz CT molecular complexity index is 1390. The Morgan fingerprint density at radius 2 is 1.81 bits per heavy atom. The van der Waals surface area contributed by atoms with Crippen LogP contribution < -0.4 is 26.2 Å². The maximum absolute atomic E-state index is 13.2. The van der Waals surface area contributed by atoms with Crippen molar-refractivity contribution in [2.24, 2.45) is 7.05 Å². The van der Waals surface area contributed by atoms with Crippen LogP contribution in [0.25, 0.3) is 11.2 Å². The van der Waals surface area contributed by atoms with Gasteiger partial charge in [0.1, 0.15) is 0 Å². The molecule has 3 rings (SSSR count). The van der Waals surface area contributed by atoms with Crippen molar-refractivity contribution in [2.45, 2.75) is 26.2 Å². The number of nitrogens with one attached hydrogen (secondary N) is 2. The minimum atomic E-state index is -5.08. The first-order chi connectivity index (χ1) is 16.7. The average molecular weight is 538 g/mol. The van der Waals surface area contributed by atoms with Gasteiger partial charge in [0.05, 0.1) is 12.8 Å². The fourth-order valence-electron chi connectivity index (χ4n) is 3.31. The number of aryl methyl sites for hydroxylation is 1. The van der Waals surface area contributed by atoms with Crippen molar-refractivity contribution in [3.05, 3.63) is 20.8 Å². The zero-order valence-electron chi connectivity index (χ0n) is 19.7. The van der Waals surface area contributed by atoms with Crippen LogP contribution in [0.2, 0.25) is 0 Å². The lowest BCUT2D eigenvalue weighted by molar-refractivity contribution is -0.192. The number of sulfonamides is 1. The van der Waals surface area contributed by atoms with E-state index in [1.165, 1.54) is 4.57 Å². The lowest BCUT2D eigenvalue weighted by Crippen LogP contribution is -2.44. The van der Waals surface area contributed by atoms with Gasteiger partial charge in [0.15, 0.2) is 11.2 Å². The van der Waals surface area contributed by atoms with Gasteiger partial charge in [-0.25, -0.2) is 22.7 Å². The number of hydrogen-bond donors (Lipinski definition) is 3. The van der Waals surface area contributed by atoms with E-state index in [4.69, 9.17) is 9.90 Å². The summed E-state index contributed by atoms with van der Waals surface area (Å²) in [6.45, 7) is 4.88. The van der Waals surface area contributed by atoms with Gasteiger partial charge in [0.25, 0.3) is 5.56 Å². The number of halogens is 3. The number of carboxylic acids is 1. The summed E-state index contributed by atoms with van der Waals surface area (Å²) in [7, 11) is -1.88. The van der Waals surface area contributed by atoms with Crippen molar-refractivity contribution in [2.75, 3.05) is 43.9 Å². The van der Waals surface area contributed by atoms with Gasteiger partial charge in [-0.05, 0) is 6.92 Å². The van der Waals surface area contributed by atoms with Crippen LogP contribution >= 0.6 is 0 Å². The molecule has 1 aliphatic rings. The number of nitrogens with zero attached hydrogens (tertiary/aromatic N) is 5. The number of carboxylic acid groups (broad SMARTS) is 1. The monoisotopic (exact) mass is 537 g/mol. The summed E-state index contributed by atoms with van der Waals surface area (Å²) < 4.78 is 60.7. The third kappa shape index (κ3) is 7.08. The average Bonchev–Trinajstić information content (AvgIpc) is 3.18. The molecular formula is C19H26F3N7O6S. The Kier molecular flexibility index (Phi) is 9.29. The quantitative estimate of drug-likeness (QED) is 0.373. The summed E-state index contributed by atoms with van der Waals surface area (Å²) in [4.78, 5) is 41.4.